The molecule has 60 heavy (non-hydrogen) atoms. The van der Waals surface area contributed by atoms with Crippen molar-refractivity contribution in [2.24, 2.45) is 0 Å². The van der Waals surface area contributed by atoms with Crippen LogP contribution in [0.2, 0.25) is 0 Å². The second kappa shape index (κ2) is 20.1. The molecule has 3 saturated heterocycles. The Morgan fingerprint density at radius 1 is 0.817 bits per heavy atom. The fraction of sp³-hybridized carbons (Fsp3) is 0.590. The maximum atomic E-state index is 13.0. The Kier molecular flexibility index (Phi) is 15.7. The van der Waals surface area contributed by atoms with Crippen LogP contribution in [0.15, 0.2) is 54.6 Å². The summed E-state index contributed by atoms with van der Waals surface area (Å²) in [6, 6.07) is 13.4. The summed E-state index contributed by atoms with van der Waals surface area (Å²) < 4.78 is 28.5. The lowest BCUT2D eigenvalue weighted by molar-refractivity contribution is -0.353. The molecule has 5 rings (SSSR count). The molecule has 2 aromatic rings. The molecule has 3 heterocycles. The maximum Gasteiger partial charge on any atom is 0.364 e. The van der Waals surface area contributed by atoms with E-state index in [2.05, 4.69) is 16.0 Å². The van der Waals surface area contributed by atoms with Crippen molar-refractivity contribution >= 4 is 23.7 Å². The van der Waals surface area contributed by atoms with Crippen molar-refractivity contribution in [2.45, 2.75) is 125 Å². The number of hydrogen-bond acceptors (Lipinski definition) is 17. The number of aliphatic hydroxyl groups excluding tert-OH is 8. The standard InChI is InChI=1S/C39H53N3O18/c1-17-27(41-18(2)44)31(50)34(25(15-43)57-17)59-37-33(52)32(51)30(49)26(58-37)16-56-39(38(54)55)13-23(46)28(42-19(3)45)35(60-39)29(48)24(47)14-40-36(53)22-11-9-21(10-12-22)20-7-5-4-6-8-20/h4-12,17,23-35,37,43,46-52H,13-16H2,1-3H3,(H,40,53)(H,41,44)(H,42,45)(H,54,55)/t17-,23+,24+,25?,26?,27?,28+,29+,30-,31+,32-,33?,34+,35?,37-,39+/m0/s1. The van der Waals surface area contributed by atoms with Gasteiger partial charge in [0.1, 0.15) is 54.9 Å². The Morgan fingerprint density at radius 3 is 2.03 bits per heavy atom. The average Bonchev–Trinajstić information content (AvgIpc) is 3.22. The average molecular weight is 852 g/mol. The third-order valence-electron chi connectivity index (χ3n) is 10.7. The molecule has 0 bridgehead atoms. The van der Waals surface area contributed by atoms with Crippen LogP contribution in [0, 0.1) is 0 Å². The summed E-state index contributed by atoms with van der Waals surface area (Å²) in [5.74, 6) is -6.62. The quantitative estimate of drug-likeness (QED) is 0.0815. The lowest BCUT2D eigenvalue weighted by Crippen LogP contribution is -2.69. The minimum Gasteiger partial charge on any atom is -0.477 e. The predicted molar refractivity (Wildman–Crippen MR) is 202 cm³/mol. The molecule has 0 saturated carbocycles. The lowest BCUT2D eigenvalue weighted by Gasteiger charge is -2.48. The first-order valence-corrected chi connectivity index (χ1v) is 19.2. The van der Waals surface area contributed by atoms with Crippen LogP contribution in [0.3, 0.4) is 0 Å². The first kappa shape index (κ1) is 46.9. The summed E-state index contributed by atoms with van der Waals surface area (Å²) in [5, 5.41) is 105. The van der Waals surface area contributed by atoms with E-state index in [1.54, 1.807) is 24.3 Å². The minimum absolute atomic E-state index is 0.216. The number of aliphatic hydroxyl groups is 8. The smallest absolute Gasteiger partial charge is 0.364 e. The van der Waals surface area contributed by atoms with E-state index in [9.17, 15) is 65.1 Å². The van der Waals surface area contributed by atoms with Crippen molar-refractivity contribution in [3.63, 3.8) is 0 Å². The van der Waals surface area contributed by atoms with Gasteiger partial charge >= 0.3 is 5.97 Å². The van der Waals surface area contributed by atoms with Gasteiger partial charge in [0, 0.05) is 32.4 Å². The second-order valence-electron chi connectivity index (χ2n) is 15.1. The molecule has 21 nitrogen and oxygen atoms in total. The Balaban J connectivity index is 1.29. The van der Waals surface area contributed by atoms with Gasteiger partial charge in [-0.2, -0.15) is 0 Å². The van der Waals surface area contributed by atoms with E-state index in [1.807, 2.05) is 30.3 Å². The monoisotopic (exact) mass is 851 g/mol. The molecule has 332 valence electrons. The highest BCUT2D eigenvalue weighted by Gasteiger charge is 2.57. The Hall–Kier alpha value is -4.20. The summed E-state index contributed by atoms with van der Waals surface area (Å²) in [4.78, 5) is 49.7. The van der Waals surface area contributed by atoms with Gasteiger partial charge in [-0.05, 0) is 30.2 Å². The van der Waals surface area contributed by atoms with Crippen molar-refractivity contribution < 1.29 is 88.8 Å². The van der Waals surface area contributed by atoms with Gasteiger partial charge in [0.15, 0.2) is 6.29 Å². The molecule has 12 N–H and O–H groups in total. The molecule has 21 heteroatoms. The van der Waals surface area contributed by atoms with Gasteiger partial charge in [-0.1, -0.05) is 42.5 Å². The van der Waals surface area contributed by atoms with E-state index in [1.165, 1.54) is 13.8 Å². The van der Waals surface area contributed by atoms with Gasteiger partial charge in [0.2, 0.25) is 11.8 Å². The highest BCUT2D eigenvalue weighted by atomic mass is 16.8. The molecule has 0 aromatic heterocycles. The zero-order chi connectivity index (χ0) is 44.1. The van der Waals surface area contributed by atoms with E-state index in [4.69, 9.17) is 23.7 Å². The van der Waals surface area contributed by atoms with Crippen LogP contribution >= 0.6 is 0 Å². The zero-order valence-electron chi connectivity index (χ0n) is 32.9. The first-order chi connectivity index (χ1) is 28.4. The summed E-state index contributed by atoms with van der Waals surface area (Å²) >= 11 is 0. The lowest BCUT2D eigenvalue weighted by atomic mass is 9.88. The van der Waals surface area contributed by atoms with Crippen molar-refractivity contribution in [2.75, 3.05) is 19.8 Å². The summed E-state index contributed by atoms with van der Waals surface area (Å²) in [6.45, 7) is 1.54. The molecular formula is C39H53N3O18. The Labute approximate surface area is 343 Å². The third-order valence-corrected chi connectivity index (χ3v) is 10.7. The largest absolute Gasteiger partial charge is 0.477 e. The van der Waals surface area contributed by atoms with E-state index < -0.39 is 147 Å². The van der Waals surface area contributed by atoms with Crippen LogP contribution in [0.1, 0.15) is 37.6 Å². The minimum atomic E-state index is -2.87. The molecule has 5 unspecified atom stereocenters. The number of hydrogen-bond donors (Lipinski definition) is 12. The van der Waals surface area contributed by atoms with Crippen LogP contribution < -0.4 is 16.0 Å². The number of benzene rings is 2. The summed E-state index contributed by atoms with van der Waals surface area (Å²) in [6.07, 6.45) is -23.2. The molecule has 0 aliphatic carbocycles. The van der Waals surface area contributed by atoms with Crippen molar-refractivity contribution in [3.8, 4) is 11.1 Å². The molecule has 0 spiro atoms. The topological polar surface area (TPSA) is 333 Å². The van der Waals surface area contributed by atoms with Crippen molar-refractivity contribution in [1.82, 2.24) is 16.0 Å². The van der Waals surface area contributed by atoms with Gasteiger partial charge < -0.3 is 85.6 Å². The first-order valence-electron chi connectivity index (χ1n) is 19.2. The highest BCUT2D eigenvalue weighted by molar-refractivity contribution is 5.94. The summed E-state index contributed by atoms with van der Waals surface area (Å²) in [5.41, 5.74) is 1.97. The molecule has 3 aliphatic rings. The summed E-state index contributed by atoms with van der Waals surface area (Å²) in [7, 11) is 0. The van der Waals surface area contributed by atoms with Crippen molar-refractivity contribution in [3.05, 3.63) is 60.2 Å². The fourth-order valence-corrected chi connectivity index (χ4v) is 7.46. The fourth-order valence-electron chi connectivity index (χ4n) is 7.46. The van der Waals surface area contributed by atoms with E-state index in [0.717, 1.165) is 18.1 Å². The van der Waals surface area contributed by atoms with E-state index in [0.29, 0.717) is 0 Å². The molecule has 3 amide bonds. The molecule has 16 atom stereocenters. The Bertz CT molecular complexity index is 1770. The number of amides is 3. The van der Waals surface area contributed by atoms with Gasteiger partial charge in [-0.15, -0.1) is 0 Å². The van der Waals surface area contributed by atoms with Gasteiger partial charge in [0.05, 0.1) is 43.6 Å². The molecular weight excluding hydrogens is 798 g/mol. The zero-order valence-corrected chi connectivity index (χ0v) is 32.9. The van der Waals surface area contributed by atoms with Crippen LogP contribution in [0.5, 0.6) is 0 Å². The van der Waals surface area contributed by atoms with Crippen LogP contribution in [-0.2, 0) is 38.1 Å². The number of ether oxygens (including phenoxy) is 5. The Morgan fingerprint density at radius 2 is 1.43 bits per heavy atom. The predicted octanol–water partition coefficient (Wildman–Crippen LogP) is -3.90. The number of carbonyl (C=O) groups is 4. The maximum absolute atomic E-state index is 13.0. The van der Waals surface area contributed by atoms with Gasteiger partial charge in [-0.3, -0.25) is 14.4 Å². The van der Waals surface area contributed by atoms with Crippen LogP contribution in [-0.4, -0.2) is 187 Å². The number of aliphatic carboxylic acids is 1. The molecule has 3 aliphatic heterocycles. The third kappa shape index (κ3) is 10.6. The van der Waals surface area contributed by atoms with E-state index in [-0.39, 0.29) is 5.56 Å². The normalized spacial score (nSPS) is 35.4. The van der Waals surface area contributed by atoms with Crippen molar-refractivity contribution in [1.29, 1.82) is 0 Å². The second-order valence-corrected chi connectivity index (χ2v) is 15.1. The highest BCUT2D eigenvalue weighted by Crippen LogP contribution is 2.35. The number of carbonyl (C=O) groups excluding carboxylic acids is 3. The van der Waals surface area contributed by atoms with Crippen LogP contribution in [0.25, 0.3) is 11.1 Å². The number of carboxylic acids is 1. The van der Waals surface area contributed by atoms with Gasteiger partial charge in [0.25, 0.3) is 11.7 Å². The molecule has 2 aromatic carbocycles. The van der Waals surface area contributed by atoms with E-state index >= 15 is 0 Å². The molecule has 0 radical (unpaired) electrons. The number of rotatable bonds is 15. The number of nitrogens with one attached hydrogen (secondary N) is 3. The number of carboxylic acid groups (broad SMARTS) is 1. The molecule has 3 fully saturated rings. The van der Waals surface area contributed by atoms with Crippen LogP contribution in [0.4, 0.5) is 0 Å². The van der Waals surface area contributed by atoms with Gasteiger partial charge in [-0.25, -0.2) is 4.79 Å². The SMILES string of the molecule is CC(=O)NC1[C@H](C)OC(CO)[C@@H](O[C@@H]2OC(CO[C@]3(C(=O)O)C[C@@H](O)[C@@H](NC(C)=O)C([C@H](O)[C@H](O)CNC(=O)c4ccc(-c5ccccc5)cc4)O3)[C@H](O)[C@H](O)C2O)[C@@H]1O.